The van der Waals surface area contributed by atoms with Crippen molar-refractivity contribution in [2.75, 3.05) is 13.2 Å². The van der Waals surface area contributed by atoms with E-state index in [4.69, 9.17) is 14.2 Å². The molecule has 0 bridgehead atoms. The smallest absolute Gasteiger partial charge is 0.306 e. The second kappa shape index (κ2) is 62.9. The summed E-state index contributed by atoms with van der Waals surface area (Å²) in [6.07, 6.45) is 78.7. The van der Waals surface area contributed by atoms with Crippen LogP contribution in [0.4, 0.5) is 0 Å². The van der Waals surface area contributed by atoms with Crippen LogP contribution in [-0.2, 0) is 28.6 Å². The Hall–Kier alpha value is -2.63. The number of hydrogen-bond acceptors (Lipinski definition) is 6. The first kappa shape index (κ1) is 71.4. The molecule has 0 aliphatic heterocycles. The fourth-order valence-corrected chi connectivity index (χ4v) is 9.76. The maximum absolute atomic E-state index is 12.9. The molecule has 0 spiro atoms. The maximum atomic E-state index is 12.9. The lowest BCUT2D eigenvalue weighted by atomic mass is 10.0. The van der Waals surface area contributed by atoms with Gasteiger partial charge in [0.05, 0.1) is 0 Å². The summed E-state index contributed by atoms with van der Waals surface area (Å²) in [5.41, 5.74) is 0. The molecule has 0 rings (SSSR count). The van der Waals surface area contributed by atoms with Gasteiger partial charge in [-0.25, -0.2) is 0 Å². The van der Waals surface area contributed by atoms with Crippen molar-refractivity contribution in [3.63, 3.8) is 0 Å². The molecule has 1 unspecified atom stereocenters. The number of carbonyl (C=O) groups is 3. The molecule has 1 atom stereocenters. The van der Waals surface area contributed by atoms with E-state index in [1.54, 1.807) is 0 Å². The second-order valence-corrected chi connectivity index (χ2v) is 22.0. The third-order valence-electron chi connectivity index (χ3n) is 14.6. The molecule has 0 aromatic heterocycles. The molecule has 0 heterocycles. The zero-order chi connectivity index (χ0) is 53.6. The molecule has 0 amide bonds. The molecule has 6 nitrogen and oxygen atoms in total. The summed E-state index contributed by atoms with van der Waals surface area (Å²) >= 11 is 0. The van der Waals surface area contributed by atoms with Crippen LogP contribution in [0.2, 0.25) is 0 Å². The zero-order valence-electron chi connectivity index (χ0n) is 49.6. The maximum Gasteiger partial charge on any atom is 0.306 e. The molecule has 0 aliphatic rings. The first-order valence-corrected chi connectivity index (χ1v) is 32.6. The highest BCUT2D eigenvalue weighted by atomic mass is 16.6. The molecule has 0 saturated heterocycles. The number of rotatable bonds is 60. The zero-order valence-corrected chi connectivity index (χ0v) is 49.6. The van der Waals surface area contributed by atoms with E-state index in [9.17, 15) is 14.4 Å². The molecule has 0 N–H and O–H groups in total. The number of unbranched alkanes of at least 4 members (excludes halogenated alkanes) is 41. The van der Waals surface area contributed by atoms with Gasteiger partial charge in [-0.3, -0.25) is 14.4 Å². The van der Waals surface area contributed by atoms with Crippen molar-refractivity contribution in [1.29, 1.82) is 0 Å². The molecule has 6 heteroatoms. The molecule has 0 radical (unpaired) electrons. The van der Waals surface area contributed by atoms with Gasteiger partial charge in [-0.2, -0.15) is 0 Å². The van der Waals surface area contributed by atoms with E-state index in [-0.39, 0.29) is 37.5 Å². The minimum Gasteiger partial charge on any atom is -0.462 e. The quantitative estimate of drug-likeness (QED) is 0.0261. The minimum absolute atomic E-state index is 0.0901. The van der Waals surface area contributed by atoms with E-state index >= 15 is 0 Å². The molecule has 0 aromatic carbocycles. The van der Waals surface area contributed by atoms with E-state index in [1.807, 2.05) is 6.08 Å². The summed E-state index contributed by atoms with van der Waals surface area (Å²) in [5.74, 6) is -0.953. The molecule has 0 aliphatic carbocycles. The van der Waals surface area contributed by atoms with Crippen molar-refractivity contribution < 1.29 is 28.6 Å². The summed E-state index contributed by atoms with van der Waals surface area (Å²) in [7, 11) is 0. The van der Waals surface area contributed by atoms with Crippen LogP contribution in [0.1, 0.15) is 348 Å². The average Bonchev–Trinajstić information content (AvgIpc) is 3.40. The Labute approximate surface area is 460 Å². The van der Waals surface area contributed by atoms with Gasteiger partial charge in [-0.1, -0.05) is 333 Å². The van der Waals surface area contributed by atoms with Crippen molar-refractivity contribution >= 4 is 17.9 Å². The Morgan fingerprint density at radius 2 is 0.527 bits per heavy atom. The van der Waals surface area contributed by atoms with Gasteiger partial charge in [0.2, 0.25) is 0 Å². The van der Waals surface area contributed by atoms with E-state index in [0.717, 1.165) is 64.2 Å². The topological polar surface area (TPSA) is 78.9 Å². The Morgan fingerprint density at radius 1 is 0.284 bits per heavy atom. The summed E-state index contributed by atoms with van der Waals surface area (Å²) in [6, 6.07) is 0. The van der Waals surface area contributed by atoms with Gasteiger partial charge >= 0.3 is 17.9 Å². The summed E-state index contributed by atoms with van der Waals surface area (Å²) in [4.78, 5) is 38.2. The Morgan fingerprint density at radius 3 is 0.824 bits per heavy atom. The highest BCUT2D eigenvalue weighted by molar-refractivity contribution is 5.71. The van der Waals surface area contributed by atoms with Gasteiger partial charge in [0.1, 0.15) is 13.2 Å². The Bertz CT molecular complexity index is 1280. The van der Waals surface area contributed by atoms with Gasteiger partial charge in [0, 0.05) is 19.3 Å². The number of carbonyl (C=O) groups excluding carboxylic acids is 3. The number of hydrogen-bond donors (Lipinski definition) is 0. The Balaban J connectivity index is 4.22. The van der Waals surface area contributed by atoms with Crippen LogP contribution in [0, 0.1) is 0 Å². The standard InChI is InChI=1S/C68H124O6/c1-4-7-10-13-16-19-22-25-27-29-30-31-32-33-34-35-36-37-38-39-41-43-46-49-52-55-58-61-67(70)73-64-65(63-72-66(69)60-57-54-51-48-45-42-24-21-18-15-12-9-6-3)74-68(71)62-59-56-53-50-47-44-40-28-26-23-20-17-14-11-8-5-2/h9,12,18,21,42,45,51,54,65H,4-8,10-11,13-17,19-20,22-41,43-44,46-50,52-53,55-64H2,1-3H3/b12-9-,21-18-,45-42-,54-51-. The van der Waals surface area contributed by atoms with Crippen LogP contribution in [0.25, 0.3) is 0 Å². The van der Waals surface area contributed by atoms with Gasteiger partial charge in [0.15, 0.2) is 6.10 Å². The lowest BCUT2D eigenvalue weighted by Gasteiger charge is -2.18. The second-order valence-electron chi connectivity index (χ2n) is 22.0. The van der Waals surface area contributed by atoms with Gasteiger partial charge in [0.25, 0.3) is 0 Å². The SMILES string of the molecule is CC/C=C\C/C=C\C/C=C\C/C=C\CCC(=O)OCC(COC(=O)CCCCCCCCCCCCCCCCCCCCCCCCCCCCC)OC(=O)CCCCCCCCCCCCCCCCCC. The minimum atomic E-state index is -0.798. The van der Waals surface area contributed by atoms with Crippen molar-refractivity contribution in [2.24, 2.45) is 0 Å². The van der Waals surface area contributed by atoms with E-state index in [0.29, 0.717) is 19.3 Å². The molecule has 0 saturated carbocycles. The van der Waals surface area contributed by atoms with Crippen LogP contribution in [-0.4, -0.2) is 37.2 Å². The van der Waals surface area contributed by atoms with Crippen LogP contribution in [0.3, 0.4) is 0 Å². The summed E-state index contributed by atoms with van der Waals surface area (Å²) < 4.78 is 16.9. The fraction of sp³-hybridized carbons (Fsp3) is 0.838. The summed E-state index contributed by atoms with van der Waals surface area (Å²) in [5, 5.41) is 0. The molecular weight excluding hydrogens is 913 g/mol. The molecule has 0 fully saturated rings. The number of allylic oxidation sites excluding steroid dienone is 8. The van der Waals surface area contributed by atoms with E-state index in [1.165, 1.54) is 238 Å². The first-order chi connectivity index (χ1) is 36.5. The van der Waals surface area contributed by atoms with Crippen molar-refractivity contribution in [3.05, 3.63) is 48.6 Å². The van der Waals surface area contributed by atoms with Crippen LogP contribution in [0.15, 0.2) is 48.6 Å². The fourth-order valence-electron chi connectivity index (χ4n) is 9.76. The van der Waals surface area contributed by atoms with Crippen LogP contribution in [0.5, 0.6) is 0 Å². The lowest BCUT2D eigenvalue weighted by molar-refractivity contribution is -0.166. The molecule has 74 heavy (non-hydrogen) atoms. The highest BCUT2D eigenvalue weighted by Gasteiger charge is 2.19. The lowest BCUT2D eigenvalue weighted by Crippen LogP contribution is -2.30. The van der Waals surface area contributed by atoms with Crippen molar-refractivity contribution in [1.82, 2.24) is 0 Å². The average molecular weight is 1040 g/mol. The van der Waals surface area contributed by atoms with Gasteiger partial charge < -0.3 is 14.2 Å². The molecule has 432 valence electrons. The van der Waals surface area contributed by atoms with Crippen LogP contribution >= 0.6 is 0 Å². The monoisotopic (exact) mass is 1040 g/mol. The number of esters is 3. The molecule has 0 aromatic rings. The number of ether oxygens (including phenoxy) is 3. The largest absolute Gasteiger partial charge is 0.462 e. The third-order valence-corrected chi connectivity index (χ3v) is 14.6. The van der Waals surface area contributed by atoms with E-state index < -0.39 is 6.10 Å². The van der Waals surface area contributed by atoms with Gasteiger partial charge in [-0.05, 0) is 44.9 Å². The normalized spacial score (nSPS) is 12.3. The third kappa shape index (κ3) is 60.2. The van der Waals surface area contributed by atoms with Crippen LogP contribution < -0.4 is 0 Å². The van der Waals surface area contributed by atoms with Crippen molar-refractivity contribution in [3.8, 4) is 0 Å². The summed E-state index contributed by atoms with van der Waals surface area (Å²) in [6.45, 7) is 6.52. The first-order valence-electron chi connectivity index (χ1n) is 32.6. The van der Waals surface area contributed by atoms with Gasteiger partial charge in [-0.15, -0.1) is 0 Å². The molecular formula is C68H124O6. The highest BCUT2D eigenvalue weighted by Crippen LogP contribution is 2.18. The Kier molecular flexibility index (Phi) is 60.7. The predicted octanol–water partition coefficient (Wildman–Crippen LogP) is 22.2. The van der Waals surface area contributed by atoms with Crippen molar-refractivity contribution in [2.45, 2.75) is 354 Å². The predicted molar refractivity (Wildman–Crippen MR) is 321 cm³/mol. The van der Waals surface area contributed by atoms with E-state index in [2.05, 4.69) is 63.3 Å².